The van der Waals surface area contributed by atoms with E-state index in [1.165, 1.54) is 4.88 Å². The van der Waals surface area contributed by atoms with E-state index in [-0.39, 0.29) is 6.04 Å². The third-order valence-electron chi connectivity index (χ3n) is 2.49. The van der Waals surface area contributed by atoms with Gasteiger partial charge in [0.2, 0.25) is 0 Å². The number of pyridine rings is 1. The molecule has 6 heteroatoms. The maximum absolute atomic E-state index is 6.13. The van der Waals surface area contributed by atoms with Gasteiger partial charge in [-0.2, -0.15) is 0 Å². The van der Waals surface area contributed by atoms with E-state index in [1.54, 1.807) is 24.5 Å². The molecule has 2 aromatic heterocycles. The monoisotopic (exact) mass is 301 g/mol. The summed E-state index contributed by atoms with van der Waals surface area (Å²) in [5.41, 5.74) is 0. The minimum Gasteiger partial charge on any atom is -0.372 e. The Morgan fingerprint density at radius 1 is 1.28 bits per heavy atom. The fourth-order valence-electron chi connectivity index (χ4n) is 1.56. The first-order chi connectivity index (χ1) is 8.61. The lowest BCUT2D eigenvalue weighted by Gasteiger charge is -2.15. The molecule has 2 aromatic rings. The Balaban J connectivity index is 2.23. The molecule has 1 atom stereocenters. The second-order valence-corrected chi connectivity index (χ2v) is 5.57. The molecule has 2 rings (SSSR count). The average Bonchev–Trinajstić information content (AvgIpc) is 2.86. The SMILES string of the molecule is CNc1nc(NC(C)c2cccs2)c(Cl)cc1Cl. The lowest BCUT2D eigenvalue weighted by Crippen LogP contribution is -2.08. The first-order valence-electron chi connectivity index (χ1n) is 5.45. The third-order valence-corrected chi connectivity index (χ3v) is 4.12. The van der Waals surface area contributed by atoms with Crippen molar-refractivity contribution in [3.05, 3.63) is 38.5 Å². The van der Waals surface area contributed by atoms with Crippen molar-refractivity contribution >= 4 is 46.2 Å². The second-order valence-electron chi connectivity index (χ2n) is 3.78. The predicted molar refractivity (Wildman–Crippen MR) is 80.2 cm³/mol. The van der Waals surface area contributed by atoms with Gasteiger partial charge in [0.05, 0.1) is 16.1 Å². The topological polar surface area (TPSA) is 37.0 Å². The van der Waals surface area contributed by atoms with Crippen molar-refractivity contribution in [2.45, 2.75) is 13.0 Å². The van der Waals surface area contributed by atoms with E-state index in [4.69, 9.17) is 23.2 Å². The number of anilines is 2. The van der Waals surface area contributed by atoms with Gasteiger partial charge in [0.1, 0.15) is 11.6 Å². The summed E-state index contributed by atoms with van der Waals surface area (Å²) in [5, 5.41) is 9.29. The summed E-state index contributed by atoms with van der Waals surface area (Å²) in [6.45, 7) is 2.07. The third kappa shape index (κ3) is 2.88. The van der Waals surface area contributed by atoms with Crippen molar-refractivity contribution in [3.63, 3.8) is 0 Å². The van der Waals surface area contributed by atoms with Crippen molar-refractivity contribution in [1.29, 1.82) is 0 Å². The molecule has 0 saturated heterocycles. The standard InChI is InChI=1S/C12H13Cl2N3S/c1-7(10-4-3-5-18-10)16-12-9(14)6-8(13)11(15-2)17-12/h3-7H,1-2H3,(H2,15,16,17). The van der Waals surface area contributed by atoms with Crippen LogP contribution in [-0.4, -0.2) is 12.0 Å². The molecule has 0 saturated carbocycles. The van der Waals surface area contributed by atoms with Crippen molar-refractivity contribution in [2.24, 2.45) is 0 Å². The summed E-state index contributed by atoms with van der Waals surface area (Å²) in [5.74, 6) is 1.24. The number of thiophene rings is 1. The molecule has 0 aliphatic heterocycles. The molecular formula is C12H13Cl2N3S. The van der Waals surface area contributed by atoms with Gasteiger partial charge in [0.25, 0.3) is 0 Å². The lowest BCUT2D eigenvalue weighted by molar-refractivity contribution is 0.897. The van der Waals surface area contributed by atoms with Gasteiger partial charge in [0, 0.05) is 11.9 Å². The summed E-state index contributed by atoms with van der Waals surface area (Å²) in [6.07, 6.45) is 0. The minimum atomic E-state index is 0.154. The summed E-state index contributed by atoms with van der Waals surface area (Å²) in [7, 11) is 1.77. The zero-order chi connectivity index (χ0) is 13.1. The van der Waals surface area contributed by atoms with Crippen LogP contribution in [0.1, 0.15) is 17.8 Å². The van der Waals surface area contributed by atoms with E-state index in [0.717, 1.165) is 0 Å². The van der Waals surface area contributed by atoms with Crippen LogP contribution in [0.2, 0.25) is 10.0 Å². The fourth-order valence-corrected chi connectivity index (χ4v) is 2.80. The Bertz CT molecular complexity index is 528. The van der Waals surface area contributed by atoms with Crippen LogP contribution in [0.25, 0.3) is 0 Å². The van der Waals surface area contributed by atoms with Gasteiger partial charge in [-0.15, -0.1) is 11.3 Å². The van der Waals surface area contributed by atoms with E-state index in [0.29, 0.717) is 21.7 Å². The van der Waals surface area contributed by atoms with E-state index >= 15 is 0 Å². The molecule has 0 aromatic carbocycles. The summed E-state index contributed by atoms with van der Waals surface area (Å²) < 4.78 is 0. The summed E-state index contributed by atoms with van der Waals surface area (Å²) >= 11 is 13.8. The molecule has 3 nitrogen and oxygen atoms in total. The van der Waals surface area contributed by atoms with Gasteiger partial charge >= 0.3 is 0 Å². The number of nitrogens with one attached hydrogen (secondary N) is 2. The van der Waals surface area contributed by atoms with Crippen LogP contribution in [0.3, 0.4) is 0 Å². The fraction of sp³-hybridized carbons (Fsp3) is 0.250. The molecule has 2 heterocycles. The van der Waals surface area contributed by atoms with Crippen molar-refractivity contribution in [2.75, 3.05) is 17.7 Å². The van der Waals surface area contributed by atoms with E-state index in [2.05, 4.69) is 28.6 Å². The minimum absolute atomic E-state index is 0.154. The highest BCUT2D eigenvalue weighted by atomic mass is 35.5. The quantitative estimate of drug-likeness (QED) is 0.862. The zero-order valence-corrected chi connectivity index (χ0v) is 12.3. The van der Waals surface area contributed by atoms with Gasteiger partial charge < -0.3 is 10.6 Å². The number of hydrogen-bond acceptors (Lipinski definition) is 4. The van der Waals surface area contributed by atoms with Crippen molar-refractivity contribution in [1.82, 2.24) is 4.98 Å². The molecule has 0 fully saturated rings. The maximum atomic E-state index is 6.13. The van der Waals surface area contributed by atoms with E-state index < -0.39 is 0 Å². The molecule has 0 aliphatic carbocycles. The molecule has 0 radical (unpaired) electrons. The van der Waals surface area contributed by atoms with E-state index in [9.17, 15) is 0 Å². The van der Waals surface area contributed by atoms with Crippen LogP contribution >= 0.6 is 34.5 Å². The Kier molecular flexibility index (Phi) is 4.32. The van der Waals surface area contributed by atoms with Crippen LogP contribution in [0.15, 0.2) is 23.6 Å². The average molecular weight is 302 g/mol. The Morgan fingerprint density at radius 2 is 2.00 bits per heavy atom. The van der Waals surface area contributed by atoms with Crippen molar-refractivity contribution in [3.8, 4) is 0 Å². The molecule has 18 heavy (non-hydrogen) atoms. The van der Waals surface area contributed by atoms with Crippen molar-refractivity contribution < 1.29 is 0 Å². The lowest BCUT2D eigenvalue weighted by atomic mass is 10.2. The molecule has 0 aliphatic rings. The van der Waals surface area contributed by atoms with Gasteiger partial charge in [0.15, 0.2) is 0 Å². The Hall–Kier alpha value is -0.970. The number of hydrogen-bond donors (Lipinski definition) is 2. The van der Waals surface area contributed by atoms with Gasteiger partial charge in [-0.05, 0) is 24.4 Å². The molecule has 2 N–H and O–H groups in total. The Morgan fingerprint density at radius 3 is 2.61 bits per heavy atom. The molecule has 0 bridgehead atoms. The highest BCUT2D eigenvalue weighted by molar-refractivity contribution is 7.10. The summed E-state index contributed by atoms with van der Waals surface area (Å²) in [4.78, 5) is 5.59. The van der Waals surface area contributed by atoms with E-state index in [1.807, 2.05) is 11.4 Å². The molecule has 1 unspecified atom stereocenters. The van der Waals surface area contributed by atoms with Crippen LogP contribution in [0, 0.1) is 0 Å². The van der Waals surface area contributed by atoms with Crippen LogP contribution in [-0.2, 0) is 0 Å². The van der Waals surface area contributed by atoms with Crippen LogP contribution < -0.4 is 10.6 Å². The van der Waals surface area contributed by atoms with Crippen LogP contribution in [0.5, 0.6) is 0 Å². The first kappa shape index (κ1) is 13.5. The normalized spacial score (nSPS) is 12.2. The maximum Gasteiger partial charge on any atom is 0.147 e. The van der Waals surface area contributed by atoms with Gasteiger partial charge in [-0.25, -0.2) is 4.98 Å². The Labute approximate surface area is 120 Å². The highest BCUT2D eigenvalue weighted by Gasteiger charge is 2.12. The number of nitrogens with zero attached hydrogens (tertiary/aromatic N) is 1. The molecule has 96 valence electrons. The molecule has 0 spiro atoms. The smallest absolute Gasteiger partial charge is 0.147 e. The summed E-state index contributed by atoms with van der Waals surface area (Å²) in [6, 6.07) is 5.94. The number of aromatic nitrogens is 1. The predicted octanol–water partition coefficient (Wildman–Crippen LogP) is 4.66. The second kappa shape index (κ2) is 5.78. The number of halogens is 2. The first-order valence-corrected chi connectivity index (χ1v) is 7.09. The number of rotatable bonds is 4. The highest BCUT2D eigenvalue weighted by Crippen LogP contribution is 2.31. The zero-order valence-electron chi connectivity index (χ0n) is 10.00. The van der Waals surface area contributed by atoms with Crippen LogP contribution in [0.4, 0.5) is 11.6 Å². The molecular weight excluding hydrogens is 289 g/mol. The van der Waals surface area contributed by atoms with Gasteiger partial charge in [-0.1, -0.05) is 29.3 Å². The largest absolute Gasteiger partial charge is 0.372 e. The molecule has 0 amide bonds. The van der Waals surface area contributed by atoms with Gasteiger partial charge in [-0.3, -0.25) is 0 Å².